The first-order chi connectivity index (χ1) is 11.3. The zero-order valence-electron chi connectivity index (χ0n) is 13.7. The van der Waals surface area contributed by atoms with Gasteiger partial charge in [-0.1, -0.05) is 0 Å². The molecule has 7 heteroatoms. The Morgan fingerprint density at radius 3 is 2.58 bits per heavy atom. The number of carboxylic acid groups (broad SMARTS) is 1. The molecule has 0 atom stereocenters. The Balaban J connectivity index is 2.23. The third-order valence-corrected chi connectivity index (χ3v) is 3.67. The van der Waals surface area contributed by atoms with Gasteiger partial charge in [0.05, 0.1) is 5.39 Å². The van der Waals surface area contributed by atoms with Crippen LogP contribution >= 0.6 is 0 Å². The lowest BCUT2D eigenvalue weighted by atomic mass is 10.0. The topological polar surface area (TPSA) is 109 Å². The number of nitrogens with one attached hydrogen (secondary N) is 1. The van der Waals surface area contributed by atoms with E-state index in [9.17, 15) is 19.5 Å². The molecule has 0 bridgehead atoms. The number of rotatable bonds is 6. The predicted molar refractivity (Wildman–Crippen MR) is 84.8 cm³/mol. The van der Waals surface area contributed by atoms with E-state index < -0.39 is 17.5 Å². The van der Waals surface area contributed by atoms with Crippen LogP contribution in [0.25, 0.3) is 11.0 Å². The second kappa shape index (κ2) is 7.16. The van der Waals surface area contributed by atoms with Crippen LogP contribution in [0.1, 0.15) is 23.1 Å². The van der Waals surface area contributed by atoms with Crippen LogP contribution in [0.2, 0.25) is 0 Å². The molecule has 0 unspecified atom stereocenters. The van der Waals surface area contributed by atoms with Crippen LogP contribution in [-0.4, -0.2) is 25.0 Å². The number of carbonyl (C=O) groups excluding carboxylic acids is 2. The maximum absolute atomic E-state index is 11.8. The van der Waals surface area contributed by atoms with Crippen molar-refractivity contribution in [1.29, 1.82) is 0 Å². The zero-order valence-corrected chi connectivity index (χ0v) is 13.7. The summed E-state index contributed by atoms with van der Waals surface area (Å²) in [5, 5.41) is 13.4. The number of hydrogen-bond acceptors (Lipinski definition) is 6. The van der Waals surface area contributed by atoms with E-state index in [1.54, 1.807) is 26.0 Å². The molecule has 0 aliphatic rings. The summed E-state index contributed by atoms with van der Waals surface area (Å²) in [6, 6.07) is 3.49. The Kier molecular flexibility index (Phi) is 5.23. The van der Waals surface area contributed by atoms with Crippen molar-refractivity contribution in [3.8, 4) is 5.75 Å². The van der Waals surface area contributed by atoms with Crippen LogP contribution in [0.4, 0.5) is 0 Å². The van der Waals surface area contributed by atoms with Crippen LogP contribution in [0.3, 0.4) is 0 Å². The summed E-state index contributed by atoms with van der Waals surface area (Å²) in [6.45, 7) is 4.98. The smallest absolute Gasteiger partial charge is 0.339 e. The standard InChI is InChI=1S/C17H19NO6/c1-9-6-12(23-8-14(19)18-5-4-15(20)21)16-10(2)11(3)17(22)24-13(16)7-9/h6-7H,4-5,8H2,1-3H3,(H,18,19)(H,20,21)/p-1. The van der Waals surface area contributed by atoms with E-state index in [0.717, 1.165) is 11.1 Å². The largest absolute Gasteiger partial charge is 0.550 e. The van der Waals surface area contributed by atoms with Crippen molar-refractivity contribution in [3.63, 3.8) is 0 Å². The van der Waals surface area contributed by atoms with Gasteiger partial charge in [0.15, 0.2) is 6.61 Å². The van der Waals surface area contributed by atoms with Gasteiger partial charge in [-0.25, -0.2) is 4.79 Å². The molecule has 0 aliphatic heterocycles. The van der Waals surface area contributed by atoms with E-state index in [2.05, 4.69) is 5.32 Å². The second-order valence-corrected chi connectivity index (χ2v) is 5.54. The first-order valence-corrected chi connectivity index (χ1v) is 7.43. The van der Waals surface area contributed by atoms with Crippen LogP contribution < -0.4 is 20.8 Å². The van der Waals surface area contributed by atoms with Gasteiger partial charge in [-0.2, -0.15) is 0 Å². The molecule has 0 saturated carbocycles. The number of hydrogen-bond donors (Lipinski definition) is 1. The van der Waals surface area contributed by atoms with Crippen molar-refractivity contribution in [2.24, 2.45) is 0 Å². The predicted octanol–water partition coefficient (Wildman–Crippen LogP) is 0.353. The third-order valence-electron chi connectivity index (χ3n) is 3.67. The lowest BCUT2D eigenvalue weighted by molar-refractivity contribution is -0.305. The molecule has 2 aromatic rings. The molecule has 24 heavy (non-hydrogen) atoms. The molecule has 0 aliphatic carbocycles. The Morgan fingerprint density at radius 1 is 1.21 bits per heavy atom. The van der Waals surface area contributed by atoms with Crippen molar-refractivity contribution in [1.82, 2.24) is 5.32 Å². The van der Waals surface area contributed by atoms with Crippen molar-refractivity contribution < 1.29 is 23.8 Å². The summed E-state index contributed by atoms with van der Waals surface area (Å²) in [6.07, 6.45) is -0.261. The van der Waals surface area contributed by atoms with Crippen LogP contribution in [-0.2, 0) is 9.59 Å². The van der Waals surface area contributed by atoms with E-state index in [0.29, 0.717) is 22.3 Å². The molecule has 128 valence electrons. The van der Waals surface area contributed by atoms with Gasteiger partial charge in [0.1, 0.15) is 11.3 Å². The number of aliphatic carboxylic acids is 1. The quantitative estimate of drug-likeness (QED) is 0.765. The summed E-state index contributed by atoms with van der Waals surface area (Å²) < 4.78 is 10.8. The molecule has 0 fully saturated rings. The van der Waals surface area contributed by atoms with Crippen molar-refractivity contribution in [2.75, 3.05) is 13.2 Å². The lowest BCUT2D eigenvalue weighted by Crippen LogP contribution is -2.33. The fraction of sp³-hybridized carbons (Fsp3) is 0.353. The van der Waals surface area contributed by atoms with Gasteiger partial charge in [0, 0.05) is 24.5 Å². The fourth-order valence-electron chi connectivity index (χ4n) is 2.30. The Hall–Kier alpha value is -2.83. The van der Waals surface area contributed by atoms with Gasteiger partial charge in [0.25, 0.3) is 5.91 Å². The Morgan fingerprint density at radius 2 is 1.92 bits per heavy atom. The maximum atomic E-state index is 11.8. The normalized spacial score (nSPS) is 10.6. The molecule has 0 saturated heterocycles. The number of ether oxygens (including phenoxy) is 1. The van der Waals surface area contributed by atoms with E-state index in [1.165, 1.54) is 0 Å². The first-order valence-electron chi connectivity index (χ1n) is 7.43. The molecule has 1 N–H and O–H groups in total. The number of fused-ring (bicyclic) bond motifs is 1. The number of carboxylic acids is 1. The highest BCUT2D eigenvalue weighted by Crippen LogP contribution is 2.30. The van der Waals surface area contributed by atoms with E-state index in [4.69, 9.17) is 9.15 Å². The molecule has 2 rings (SSSR count). The van der Waals surface area contributed by atoms with Gasteiger partial charge in [-0.3, -0.25) is 4.79 Å². The lowest BCUT2D eigenvalue weighted by Gasteiger charge is -2.13. The molecule has 1 aromatic heterocycles. The van der Waals surface area contributed by atoms with Crippen LogP contribution in [0.5, 0.6) is 5.75 Å². The number of amides is 1. The van der Waals surface area contributed by atoms with Crippen molar-refractivity contribution >= 4 is 22.8 Å². The highest BCUT2D eigenvalue weighted by atomic mass is 16.5. The summed E-state index contributed by atoms with van der Waals surface area (Å²) in [7, 11) is 0. The van der Waals surface area contributed by atoms with Gasteiger partial charge >= 0.3 is 5.63 Å². The molecule has 1 aromatic carbocycles. The highest BCUT2D eigenvalue weighted by Gasteiger charge is 2.14. The zero-order chi connectivity index (χ0) is 17.9. The minimum atomic E-state index is -1.23. The van der Waals surface area contributed by atoms with Crippen LogP contribution in [0.15, 0.2) is 21.3 Å². The van der Waals surface area contributed by atoms with E-state index in [-0.39, 0.29) is 19.6 Å². The summed E-state index contributed by atoms with van der Waals surface area (Å²) >= 11 is 0. The minimum absolute atomic E-state index is 0.0217. The van der Waals surface area contributed by atoms with E-state index >= 15 is 0 Å². The first kappa shape index (κ1) is 17.5. The monoisotopic (exact) mass is 332 g/mol. The van der Waals surface area contributed by atoms with Crippen molar-refractivity contribution in [3.05, 3.63) is 39.2 Å². The average molecular weight is 332 g/mol. The number of carbonyl (C=O) groups is 2. The fourth-order valence-corrected chi connectivity index (χ4v) is 2.30. The van der Waals surface area contributed by atoms with Gasteiger partial charge in [0.2, 0.25) is 0 Å². The molecule has 1 amide bonds. The van der Waals surface area contributed by atoms with Gasteiger partial charge < -0.3 is 24.4 Å². The third kappa shape index (κ3) is 3.92. The molecule has 1 heterocycles. The van der Waals surface area contributed by atoms with Gasteiger partial charge in [-0.15, -0.1) is 0 Å². The Bertz CT molecular complexity index is 852. The van der Waals surface area contributed by atoms with E-state index in [1.807, 2.05) is 6.92 Å². The van der Waals surface area contributed by atoms with Gasteiger partial charge in [-0.05, 0) is 44.0 Å². The summed E-state index contributed by atoms with van der Waals surface area (Å²) in [5.74, 6) is -1.25. The molecule has 7 nitrogen and oxygen atoms in total. The number of aryl methyl sites for hydroxylation is 2. The number of benzene rings is 1. The second-order valence-electron chi connectivity index (χ2n) is 5.54. The molecular formula is C17H18NO6-. The SMILES string of the molecule is Cc1cc(OCC(=O)NCCC(=O)[O-])c2c(C)c(C)c(=O)oc2c1. The van der Waals surface area contributed by atoms with Crippen LogP contribution in [0, 0.1) is 20.8 Å². The Labute approximate surface area is 138 Å². The minimum Gasteiger partial charge on any atom is -0.550 e. The summed E-state index contributed by atoms with van der Waals surface area (Å²) in [4.78, 5) is 33.8. The molecule has 0 radical (unpaired) electrons. The molecular weight excluding hydrogens is 314 g/mol. The highest BCUT2D eigenvalue weighted by molar-refractivity contribution is 5.88. The summed E-state index contributed by atoms with van der Waals surface area (Å²) in [5.41, 5.74) is 2.02. The maximum Gasteiger partial charge on any atom is 0.339 e. The van der Waals surface area contributed by atoms with Crippen molar-refractivity contribution in [2.45, 2.75) is 27.2 Å². The average Bonchev–Trinajstić information content (AvgIpc) is 2.49. The molecule has 0 spiro atoms.